The molecule has 28 heavy (non-hydrogen) atoms. The number of ketones is 1. The van der Waals surface area contributed by atoms with Crippen molar-refractivity contribution in [1.29, 1.82) is 0 Å². The predicted molar refractivity (Wildman–Crippen MR) is 111 cm³/mol. The number of Topliss-reactive ketones (excluding diaryl/α,β-unsaturated/α-hetero) is 1. The summed E-state index contributed by atoms with van der Waals surface area (Å²) in [6.45, 7) is 4.21. The molecule has 1 aliphatic carbocycles. The van der Waals surface area contributed by atoms with Crippen molar-refractivity contribution in [3.05, 3.63) is 65.4 Å². The van der Waals surface area contributed by atoms with Crippen LogP contribution >= 0.6 is 0 Å². The highest BCUT2D eigenvalue weighted by Crippen LogP contribution is 2.38. The Labute approximate surface area is 165 Å². The number of fused-ring (bicyclic) bond motifs is 1. The minimum absolute atomic E-state index is 0.223. The van der Waals surface area contributed by atoms with Crippen LogP contribution in [-0.4, -0.2) is 24.6 Å². The molecule has 0 saturated heterocycles. The number of carbonyl (C=O) groups is 1. The largest absolute Gasteiger partial charge is 0.493 e. The monoisotopic (exact) mass is 375 g/mol. The Kier molecular flexibility index (Phi) is 4.71. The van der Waals surface area contributed by atoms with Gasteiger partial charge in [-0.25, -0.2) is 0 Å². The number of nitrogens with zero attached hydrogens (tertiary/aromatic N) is 1. The number of hydrogen-bond acceptors (Lipinski definition) is 3. The Balaban J connectivity index is 1.97. The molecule has 0 bridgehead atoms. The molecule has 4 nitrogen and oxygen atoms in total. The third-order valence-electron chi connectivity index (χ3n) is 5.45. The summed E-state index contributed by atoms with van der Waals surface area (Å²) in [4.78, 5) is 12.7. The van der Waals surface area contributed by atoms with Crippen molar-refractivity contribution in [2.24, 2.45) is 5.92 Å². The quantitative estimate of drug-likeness (QED) is 0.626. The SMILES string of the molecule is COc1ccc(-n2c(-c3ccc(C)cc3)cc3c2C[C@@H](C)CC3=O)cc1OC. The molecule has 0 fully saturated rings. The fraction of sp³-hybridized carbons (Fsp3) is 0.292. The molecule has 0 amide bonds. The summed E-state index contributed by atoms with van der Waals surface area (Å²) in [6, 6.07) is 16.4. The van der Waals surface area contributed by atoms with Crippen LogP contribution in [-0.2, 0) is 6.42 Å². The number of rotatable bonds is 4. The highest BCUT2D eigenvalue weighted by Gasteiger charge is 2.29. The summed E-state index contributed by atoms with van der Waals surface area (Å²) < 4.78 is 13.1. The van der Waals surface area contributed by atoms with E-state index in [0.29, 0.717) is 23.8 Å². The van der Waals surface area contributed by atoms with E-state index in [1.54, 1.807) is 14.2 Å². The fourth-order valence-electron chi connectivity index (χ4n) is 4.02. The first kappa shape index (κ1) is 18.4. The van der Waals surface area contributed by atoms with Crippen LogP contribution in [0.1, 0.15) is 35.0 Å². The molecule has 1 atom stereocenters. The second kappa shape index (κ2) is 7.19. The third kappa shape index (κ3) is 3.09. The molecule has 0 aliphatic heterocycles. The van der Waals surface area contributed by atoms with Crippen LogP contribution in [0.25, 0.3) is 16.9 Å². The summed E-state index contributed by atoms with van der Waals surface area (Å²) >= 11 is 0. The number of ether oxygens (including phenoxy) is 2. The van der Waals surface area contributed by atoms with E-state index in [4.69, 9.17) is 9.47 Å². The van der Waals surface area contributed by atoms with E-state index in [2.05, 4.69) is 42.7 Å². The maximum Gasteiger partial charge on any atom is 0.164 e. The van der Waals surface area contributed by atoms with Crippen molar-refractivity contribution in [2.45, 2.75) is 26.7 Å². The van der Waals surface area contributed by atoms with Crippen molar-refractivity contribution in [3.8, 4) is 28.4 Å². The molecule has 0 unspecified atom stereocenters. The molecule has 1 aliphatic rings. The molecular weight excluding hydrogens is 350 g/mol. The third-order valence-corrected chi connectivity index (χ3v) is 5.45. The maximum absolute atomic E-state index is 12.7. The lowest BCUT2D eigenvalue weighted by atomic mass is 9.88. The zero-order valence-corrected chi connectivity index (χ0v) is 16.8. The molecule has 0 spiro atoms. The van der Waals surface area contributed by atoms with Crippen molar-refractivity contribution in [2.75, 3.05) is 14.2 Å². The van der Waals surface area contributed by atoms with Gasteiger partial charge in [-0.2, -0.15) is 0 Å². The predicted octanol–water partition coefficient (Wildman–Crippen LogP) is 5.23. The first-order valence-electron chi connectivity index (χ1n) is 9.59. The van der Waals surface area contributed by atoms with Gasteiger partial charge in [-0.1, -0.05) is 36.8 Å². The van der Waals surface area contributed by atoms with E-state index >= 15 is 0 Å². The van der Waals surface area contributed by atoms with Crippen LogP contribution < -0.4 is 9.47 Å². The van der Waals surface area contributed by atoms with E-state index in [1.165, 1.54) is 5.56 Å². The Morgan fingerprint density at radius 3 is 2.32 bits per heavy atom. The second-order valence-corrected chi connectivity index (χ2v) is 7.57. The molecular formula is C24H25NO3. The Hall–Kier alpha value is -3.01. The zero-order chi connectivity index (χ0) is 19.8. The number of aromatic nitrogens is 1. The van der Waals surface area contributed by atoms with Gasteiger partial charge in [0, 0.05) is 29.4 Å². The highest BCUT2D eigenvalue weighted by molar-refractivity contribution is 6.00. The highest BCUT2D eigenvalue weighted by atomic mass is 16.5. The Morgan fingerprint density at radius 1 is 0.929 bits per heavy atom. The lowest BCUT2D eigenvalue weighted by molar-refractivity contribution is 0.0952. The minimum Gasteiger partial charge on any atom is -0.493 e. The van der Waals surface area contributed by atoms with Gasteiger partial charge in [-0.15, -0.1) is 0 Å². The van der Waals surface area contributed by atoms with Crippen molar-refractivity contribution < 1.29 is 14.3 Å². The summed E-state index contributed by atoms with van der Waals surface area (Å²) in [5.74, 6) is 1.92. The van der Waals surface area contributed by atoms with Gasteiger partial charge < -0.3 is 14.0 Å². The van der Waals surface area contributed by atoms with Crippen LogP contribution in [0.4, 0.5) is 0 Å². The smallest absolute Gasteiger partial charge is 0.164 e. The summed E-state index contributed by atoms with van der Waals surface area (Å²) in [5, 5.41) is 0. The van der Waals surface area contributed by atoms with E-state index in [9.17, 15) is 4.79 Å². The van der Waals surface area contributed by atoms with E-state index in [-0.39, 0.29) is 5.78 Å². The molecule has 0 N–H and O–H groups in total. The molecule has 0 saturated carbocycles. The van der Waals surface area contributed by atoms with Crippen LogP contribution in [0.15, 0.2) is 48.5 Å². The van der Waals surface area contributed by atoms with Gasteiger partial charge in [0.15, 0.2) is 17.3 Å². The fourth-order valence-corrected chi connectivity index (χ4v) is 4.02. The Morgan fingerprint density at radius 2 is 1.64 bits per heavy atom. The van der Waals surface area contributed by atoms with Gasteiger partial charge in [-0.3, -0.25) is 4.79 Å². The van der Waals surface area contributed by atoms with E-state index in [0.717, 1.165) is 34.6 Å². The number of benzene rings is 2. The molecule has 4 heteroatoms. The lowest BCUT2D eigenvalue weighted by Crippen LogP contribution is -2.19. The van der Waals surface area contributed by atoms with Crippen molar-refractivity contribution in [1.82, 2.24) is 4.57 Å². The molecule has 2 aromatic carbocycles. The minimum atomic E-state index is 0.223. The molecule has 3 aromatic rings. The van der Waals surface area contributed by atoms with Gasteiger partial charge in [0.2, 0.25) is 0 Å². The first-order chi connectivity index (χ1) is 13.5. The average Bonchev–Trinajstić information content (AvgIpc) is 3.07. The first-order valence-corrected chi connectivity index (χ1v) is 9.59. The van der Waals surface area contributed by atoms with E-state index in [1.807, 2.05) is 24.3 Å². The summed E-state index contributed by atoms with van der Waals surface area (Å²) in [6.07, 6.45) is 1.48. The van der Waals surface area contributed by atoms with Gasteiger partial charge in [-0.05, 0) is 43.0 Å². The van der Waals surface area contributed by atoms with Crippen molar-refractivity contribution >= 4 is 5.78 Å². The number of aryl methyl sites for hydroxylation is 1. The number of carbonyl (C=O) groups excluding carboxylic acids is 1. The van der Waals surface area contributed by atoms with Crippen LogP contribution in [0.2, 0.25) is 0 Å². The molecule has 0 radical (unpaired) electrons. The molecule has 1 heterocycles. The van der Waals surface area contributed by atoms with Gasteiger partial charge >= 0.3 is 0 Å². The zero-order valence-electron chi connectivity index (χ0n) is 16.8. The standard InChI is InChI=1S/C24H25NO3/c1-15-5-7-17(8-6-15)20-14-19-21(11-16(2)12-22(19)26)25(20)18-9-10-23(27-3)24(13-18)28-4/h5-10,13-14,16H,11-12H2,1-4H3/t16-/m1/s1. The lowest BCUT2D eigenvalue weighted by Gasteiger charge is -2.21. The Bertz CT molecular complexity index is 1030. The normalized spacial score (nSPS) is 16.0. The molecule has 4 rings (SSSR count). The van der Waals surface area contributed by atoms with Gasteiger partial charge in [0.25, 0.3) is 0 Å². The number of methoxy groups -OCH3 is 2. The second-order valence-electron chi connectivity index (χ2n) is 7.57. The molecule has 1 aromatic heterocycles. The van der Waals surface area contributed by atoms with Crippen LogP contribution in [0.3, 0.4) is 0 Å². The number of hydrogen-bond donors (Lipinski definition) is 0. The van der Waals surface area contributed by atoms with Crippen molar-refractivity contribution in [3.63, 3.8) is 0 Å². The summed E-state index contributed by atoms with van der Waals surface area (Å²) in [5.41, 5.74) is 6.21. The maximum atomic E-state index is 12.7. The average molecular weight is 375 g/mol. The van der Waals surface area contributed by atoms with E-state index < -0.39 is 0 Å². The molecule has 144 valence electrons. The summed E-state index contributed by atoms with van der Waals surface area (Å²) in [7, 11) is 3.27. The van der Waals surface area contributed by atoms with Crippen LogP contribution in [0, 0.1) is 12.8 Å². The van der Waals surface area contributed by atoms with Crippen LogP contribution in [0.5, 0.6) is 11.5 Å². The van der Waals surface area contributed by atoms with Gasteiger partial charge in [0.05, 0.1) is 19.9 Å². The topological polar surface area (TPSA) is 40.5 Å². The van der Waals surface area contributed by atoms with Gasteiger partial charge in [0.1, 0.15) is 0 Å².